The van der Waals surface area contributed by atoms with Crippen LogP contribution in [-0.2, 0) is 6.42 Å². The molecule has 0 radical (unpaired) electrons. The number of aryl methyl sites for hydroxylation is 1. The molecule has 0 atom stereocenters. The predicted molar refractivity (Wildman–Crippen MR) is 68.7 cm³/mol. The Kier molecular flexibility index (Phi) is 2.54. The molecule has 0 bridgehead atoms. The van der Waals surface area contributed by atoms with Gasteiger partial charge in [0.2, 0.25) is 0 Å². The minimum Gasteiger partial charge on any atom is -0.384 e. The van der Waals surface area contributed by atoms with Crippen molar-refractivity contribution in [2.24, 2.45) is 0 Å². The Morgan fingerprint density at radius 3 is 2.72 bits per heavy atom. The molecule has 2 aromatic rings. The van der Waals surface area contributed by atoms with Crippen LogP contribution in [0.1, 0.15) is 11.1 Å². The van der Waals surface area contributed by atoms with Crippen LogP contribution in [-0.4, -0.2) is 6.54 Å². The van der Waals surface area contributed by atoms with Gasteiger partial charge in [0.1, 0.15) is 11.6 Å². The molecule has 0 spiro atoms. The molecule has 0 saturated carbocycles. The summed E-state index contributed by atoms with van der Waals surface area (Å²) < 4.78 is 27.4. The van der Waals surface area contributed by atoms with Gasteiger partial charge in [0.05, 0.1) is 0 Å². The van der Waals surface area contributed by atoms with E-state index in [0.29, 0.717) is 16.7 Å². The summed E-state index contributed by atoms with van der Waals surface area (Å²) in [5.41, 5.74) is 3.60. The zero-order chi connectivity index (χ0) is 12.7. The second kappa shape index (κ2) is 4.09. The first-order valence-corrected chi connectivity index (χ1v) is 5.98. The van der Waals surface area contributed by atoms with Gasteiger partial charge in [0.25, 0.3) is 0 Å². The average Bonchev–Trinajstić information content (AvgIpc) is 2.80. The summed E-state index contributed by atoms with van der Waals surface area (Å²) >= 11 is 0. The number of nitrogens with one attached hydrogen (secondary N) is 1. The lowest BCUT2D eigenvalue weighted by Crippen LogP contribution is -1.93. The highest BCUT2D eigenvalue weighted by Gasteiger charge is 2.14. The topological polar surface area (TPSA) is 12.0 Å². The van der Waals surface area contributed by atoms with Crippen LogP contribution >= 0.6 is 0 Å². The average molecular weight is 245 g/mol. The second-order valence-corrected chi connectivity index (χ2v) is 4.63. The van der Waals surface area contributed by atoms with Gasteiger partial charge in [-0.15, -0.1) is 0 Å². The molecule has 0 unspecified atom stereocenters. The molecule has 1 heterocycles. The van der Waals surface area contributed by atoms with E-state index in [2.05, 4.69) is 5.32 Å². The molecule has 1 nitrogen and oxygen atoms in total. The van der Waals surface area contributed by atoms with E-state index in [9.17, 15) is 8.78 Å². The maximum atomic E-state index is 13.9. The van der Waals surface area contributed by atoms with E-state index in [1.54, 1.807) is 6.92 Å². The summed E-state index contributed by atoms with van der Waals surface area (Å²) in [5, 5.41) is 3.24. The van der Waals surface area contributed by atoms with Crippen molar-refractivity contribution < 1.29 is 8.78 Å². The van der Waals surface area contributed by atoms with Gasteiger partial charge in [-0.2, -0.15) is 0 Å². The smallest absolute Gasteiger partial charge is 0.131 e. The lowest BCUT2D eigenvalue weighted by molar-refractivity contribution is 0.595. The number of fused-ring (bicyclic) bond motifs is 1. The fourth-order valence-corrected chi connectivity index (χ4v) is 2.33. The van der Waals surface area contributed by atoms with E-state index in [4.69, 9.17) is 0 Å². The van der Waals surface area contributed by atoms with Crippen LogP contribution in [0, 0.1) is 18.6 Å². The van der Waals surface area contributed by atoms with E-state index in [-0.39, 0.29) is 11.6 Å². The van der Waals surface area contributed by atoms with Gasteiger partial charge < -0.3 is 5.32 Å². The fourth-order valence-electron chi connectivity index (χ4n) is 2.33. The molecule has 0 aromatic heterocycles. The van der Waals surface area contributed by atoms with Crippen LogP contribution < -0.4 is 5.32 Å². The van der Waals surface area contributed by atoms with Gasteiger partial charge in [-0.3, -0.25) is 0 Å². The first kappa shape index (κ1) is 11.2. The molecule has 2 aromatic carbocycles. The Morgan fingerprint density at radius 2 is 1.89 bits per heavy atom. The van der Waals surface area contributed by atoms with Crippen molar-refractivity contribution >= 4 is 5.69 Å². The summed E-state index contributed by atoms with van der Waals surface area (Å²) in [7, 11) is 0. The van der Waals surface area contributed by atoms with Crippen LogP contribution in [0.4, 0.5) is 14.5 Å². The largest absolute Gasteiger partial charge is 0.384 e. The normalized spacial score (nSPS) is 13.3. The van der Waals surface area contributed by atoms with Crippen LogP contribution in [0.2, 0.25) is 0 Å². The van der Waals surface area contributed by atoms with E-state index in [1.165, 1.54) is 17.7 Å². The molecule has 18 heavy (non-hydrogen) atoms. The number of hydrogen-bond acceptors (Lipinski definition) is 1. The monoisotopic (exact) mass is 245 g/mol. The third-order valence-corrected chi connectivity index (χ3v) is 3.38. The van der Waals surface area contributed by atoms with E-state index in [0.717, 1.165) is 18.7 Å². The minimum absolute atomic E-state index is 0.314. The first-order chi connectivity index (χ1) is 8.65. The molecule has 1 N–H and O–H groups in total. The minimum atomic E-state index is -0.383. The highest BCUT2D eigenvalue weighted by atomic mass is 19.1. The summed E-state index contributed by atoms with van der Waals surface area (Å²) in [5.74, 6) is -0.758. The molecule has 92 valence electrons. The molecule has 0 aliphatic carbocycles. The number of benzene rings is 2. The van der Waals surface area contributed by atoms with Crippen LogP contribution in [0.15, 0.2) is 30.3 Å². The first-order valence-electron chi connectivity index (χ1n) is 5.98. The van der Waals surface area contributed by atoms with E-state index >= 15 is 0 Å². The van der Waals surface area contributed by atoms with Gasteiger partial charge in [-0.05, 0) is 48.2 Å². The quantitative estimate of drug-likeness (QED) is 0.803. The van der Waals surface area contributed by atoms with Gasteiger partial charge in [0, 0.05) is 17.8 Å². The van der Waals surface area contributed by atoms with Crippen molar-refractivity contribution in [1.82, 2.24) is 0 Å². The molecule has 1 aliphatic rings. The maximum Gasteiger partial charge on any atom is 0.131 e. The van der Waals surface area contributed by atoms with Crippen LogP contribution in [0.25, 0.3) is 11.1 Å². The highest BCUT2D eigenvalue weighted by Crippen LogP contribution is 2.31. The summed E-state index contributed by atoms with van der Waals surface area (Å²) in [6, 6.07) is 8.21. The molecule has 0 saturated heterocycles. The summed E-state index contributed by atoms with van der Waals surface area (Å²) in [6.07, 6.45) is 0.986. The zero-order valence-corrected chi connectivity index (χ0v) is 10.1. The van der Waals surface area contributed by atoms with Crippen molar-refractivity contribution in [3.8, 4) is 11.1 Å². The molecular formula is C15H13F2N. The van der Waals surface area contributed by atoms with Crippen molar-refractivity contribution in [2.45, 2.75) is 13.3 Å². The van der Waals surface area contributed by atoms with Crippen LogP contribution in [0.3, 0.4) is 0 Å². The van der Waals surface area contributed by atoms with Crippen molar-refractivity contribution in [3.63, 3.8) is 0 Å². The predicted octanol–water partition coefficient (Wildman–Crippen LogP) is 3.91. The Balaban J connectivity index is 2.12. The lowest BCUT2D eigenvalue weighted by Gasteiger charge is -2.08. The number of anilines is 1. The van der Waals surface area contributed by atoms with Gasteiger partial charge in [-0.1, -0.05) is 12.1 Å². The number of hydrogen-bond donors (Lipinski definition) is 1. The number of rotatable bonds is 1. The van der Waals surface area contributed by atoms with E-state index in [1.807, 2.05) is 18.2 Å². The van der Waals surface area contributed by atoms with Gasteiger partial charge in [0.15, 0.2) is 0 Å². The Labute approximate surface area is 104 Å². The Bertz CT molecular complexity index is 620. The van der Waals surface area contributed by atoms with Crippen molar-refractivity contribution in [2.75, 3.05) is 11.9 Å². The van der Waals surface area contributed by atoms with Crippen molar-refractivity contribution in [1.29, 1.82) is 0 Å². The molecule has 0 fully saturated rings. The SMILES string of the molecule is Cc1cc(F)c(-c2ccc3c(c2)NCC3)cc1F. The Morgan fingerprint density at radius 1 is 1.06 bits per heavy atom. The lowest BCUT2D eigenvalue weighted by atomic mass is 10.0. The number of halogens is 2. The maximum absolute atomic E-state index is 13.9. The summed E-state index contributed by atoms with van der Waals surface area (Å²) in [6.45, 7) is 2.47. The highest BCUT2D eigenvalue weighted by molar-refractivity contribution is 5.72. The van der Waals surface area contributed by atoms with E-state index < -0.39 is 0 Å². The van der Waals surface area contributed by atoms with Gasteiger partial charge >= 0.3 is 0 Å². The zero-order valence-electron chi connectivity index (χ0n) is 10.1. The fraction of sp³-hybridized carbons (Fsp3) is 0.200. The Hall–Kier alpha value is -1.90. The third kappa shape index (κ3) is 1.76. The standard InChI is InChI=1S/C15H13F2N/c1-9-6-14(17)12(8-13(9)16)11-3-2-10-4-5-18-15(10)7-11/h2-3,6-8,18H,4-5H2,1H3. The molecule has 0 amide bonds. The van der Waals surface area contributed by atoms with Gasteiger partial charge in [-0.25, -0.2) is 8.78 Å². The second-order valence-electron chi connectivity index (χ2n) is 4.63. The molecule has 3 heteroatoms. The van der Waals surface area contributed by atoms with Crippen LogP contribution in [0.5, 0.6) is 0 Å². The third-order valence-electron chi connectivity index (χ3n) is 3.38. The molecule has 3 rings (SSSR count). The summed E-state index contributed by atoms with van der Waals surface area (Å²) in [4.78, 5) is 0. The van der Waals surface area contributed by atoms with Crippen molar-refractivity contribution in [3.05, 3.63) is 53.1 Å². The molecule has 1 aliphatic heterocycles. The molecular weight excluding hydrogens is 232 g/mol.